The number of aromatic carboxylic acids is 2. The third kappa shape index (κ3) is 1.95. The summed E-state index contributed by atoms with van der Waals surface area (Å²) in [6.07, 6.45) is 0. The predicted octanol–water partition coefficient (Wildman–Crippen LogP) is 1.39. The van der Waals surface area contributed by atoms with Crippen LogP contribution in [0.2, 0.25) is 0 Å². The maximum Gasteiger partial charge on any atom is 0.339 e. The van der Waals surface area contributed by atoms with Gasteiger partial charge in [0.25, 0.3) is 0 Å². The van der Waals surface area contributed by atoms with Crippen molar-refractivity contribution in [3.05, 3.63) is 26.8 Å². The lowest BCUT2D eigenvalue weighted by molar-refractivity contribution is 0.0693. The molecule has 5 nitrogen and oxygen atoms in total. The van der Waals surface area contributed by atoms with Gasteiger partial charge >= 0.3 is 11.9 Å². The van der Waals surface area contributed by atoms with Gasteiger partial charge in [-0.2, -0.15) is 0 Å². The Bertz CT molecular complexity index is 412. The molecule has 0 aliphatic carbocycles. The molecule has 14 heavy (non-hydrogen) atoms. The molecule has 0 fully saturated rings. The summed E-state index contributed by atoms with van der Waals surface area (Å²) in [7, 11) is 0. The molecule has 6 heteroatoms. The largest absolute Gasteiger partial charge is 0.506 e. The summed E-state index contributed by atoms with van der Waals surface area (Å²) >= 11 is 1.67. The van der Waals surface area contributed by atoms with Gasteiger partial charge in [-0.3, -0.25) is 0 Å². The van der Waals surface area contributed by atoms with Crippen molar-refractivity contribution in [2.24, 2.45) is 0 Å². The first-order chi connectivity index (χ1) is 6.43. The predicted molar refractivity (Wildman–Crippen MR) is 54.7 cm³/mol. The van der Waals surface area contributed by atoms with Gasteiger partial charge in [-0.05, 0) is 34.7 Å². The average molecular weight is 308 g/mol. The first-order valence-electron chi connectivity index (χ1n) is 3.42. The zero-order valence-electron chi connectivity index (χ0n) is 6.69. The van der Waals surface area contributed by atoms with E-state index in [0.29, 0.717) is 0 Å². The Morgan fingerprint density at radius 1 is 1.14 bits per heavy atom. The second kappa shape index (κ2) is 3.82. The van der Waals surface area contributed by atoms with Gasteiger partial charge < -0.3 is 15.3 Å². The van der Waals surface area contributed by atoms with E-state index in [1.807, 2.05) is 0 Å². The summed E-state index contributed by atoms with van der Waals surface area (Å²) in [6.45, 7) is 0. The first-order valence-corrected chi connectivity index (χ1v) is 4.50. The molecule has 0 atom stereocenters. The highest BCUT2D eigenvalue weighted by Gasteiger charge is 2.16. The third-order valence-electron chi connectivity index (χ3n) is 1.54. The van der Waals surface area contributed by atoms with Crippen LogP contribution in [0.3, 0.4) is 0 Å². The molecule has 0 heterocycles. The quantitative estimate of drug-likeness (QED) is 0.718. The number of carboxylic acids is 2. The first kappa shape index (κ1) is 10.8. The molecule has 0 unspecified atom stereocenters. The average Bonchev–Trinajstić information content (AvgIpc) is 2.08. The fourth-order valence-electron chi connectivity index (χ4n) is 0.886. The van der Waals surface area contributed by atoms with E-state index in [4.69, 9.17) is 10.2 Å². The van der Waals surface area contributed by atoms with E-state index >= 15 is 0 Å². The van der Waals surface area contributed by atoms with Crippen LogP contribution in [0, 0.1) is 3.57 Å². The van der Waals surface area contributed by atoms with E-state index in [1.54, 1.807) is 22.6 Å². The number of carboxylic acid groups (broad SMARTS) is 2. The molecule has 0 saturated heterocycles. The fraction of sp³-hybridized carbons (Fsp3) is 0. The standard InChI is InChI=1S/C8H5IO5/c9-5-2-3(7(11)12)1-4(6(5)10)8(13)14/h1-2,10H,(H,11,12)(H,13,14). The second-order valence-electron chi connectivity index (χ2n) is 2.46. The van der Waals surface area contributed by atoms with Crippen LogP contribution in [0.1, 0.15) is 20.7 Å². The minimum atomic E-state index is -1.36. The Kier molecular flexibility index (Phi) is 2.94. The Morgan fingerprint density at radius 2 is 1.71 bits per heavy atom. The molecule has 0 saturated carbocycles. The lowest BCUT2D eigenvalue weighted by Crippen LogP contribution is -2.03. The van der Waals surface area contributed by atoms with Gasteiger partial charge in [-0.1, -0.05) is 0 Å². The Morgan fingerprint density at radius 3 is 2.14 bits per heavy atom. The minimum Gasteiger partial charge on any atom is -0.506 e. The molecular formula is C8H5IO5. The number of rotatable bonds is 2. The van der Waals surface area contributed by atoms with Crippen LogP contribution in [0.15, 0.2) is 12.1 Å². The SMILES string of the molecule is O=C(O)c1cc(I)c(O)c(C(=O)O)c1. The number of halogens is 1. The van der Waals surface area contributed by atoms with Crippen LogP contribution in [-0.4, -0.2) is 27.3 Å². The third-order valence-corrected chi connectivity index (χ3v) is 2.36. The molecule has 0 amide bonds. The van der Waals surface area contributed by atoms with Crippen molar-refractivity contribution in [2.45, 2.75) is 0 Å². The zero-order chi connectivity index (χ0) is 10.9. The van der Waals surface area contributed by atoms with E-state index in [-0.39, 0.29) is 9.13 Å². The van der Waals surface area contributed by atoms with E-state index in [9.17, 15) is 14.7 Å². The monoisotopic (exact) mass is 308 g/mol. The van der Waals surface area contributed by atoms with Crippen molar-refractivity contribution in [3.8, 4) is 5.75 Å². The summed E-state index contributed by atoms with van der Waals surface area (Å²) in [5, 5.41) is 26.6. The molecule has 0 spiro atoms. The molecule has 1 rings (SSSR count). The highest BCUT2D eigenvalue weighted by Crippen LogP contribution is 2.26. The van der Waals surface area contributed by atoms with Crippen LogP contribution in [0.4, 0.5) is 0 Å². The van der Waals surface area contributed by atoms with Gasteiger partial charge in [0.2, 0.25) is 0 Å². The molecule has 0 aliphatic rings. The molecular weight excluding hydrogens is 303 g/mol. The van der Waals surface area contributed by atoms with Crippen molar-refractivity contribution < 1.29 is 24.9 Å². The van der Waals surface area contributed by atoms with E-state index in [2.05, 4.69) is 0 Å². The summed E-state index contributed by atoms with van der Waals surface area (Å²) in [5.41, 5.74) is -0.570. The topological polar surface area (TPSA) is 94.8 Å². The summed E-state index contributed by atoms with van der Waals surface area (Å²) < 4.78 is 0.194. The summed E-state index contributed by atoms with van der Waals surface area (Å²) in [6, 6.07) is 2.12. The molecule has 1 aromatic carbocycles. The van der Waals surface area contributed by atoms with E-state index in [1.165, 1.54) is 6.07 Å². The van der Waals surface area contributed by atoms with Crippen molar-refractivity contribution >= 4 is 34.5 Å². The zero-order valence-corrected chi connectivity index (χ0v) is 8.85. The Balaban J connectivity index is 3.43. The number of benzene rings is 1. The maximum absolute atomic E-state index is 10.6. The fourth-order valence-corrected chi connectivity index (χ4v) is 1.51. The molecule has 0 aliphatic heterocycles. The number of phenols is 1. The highest BCUT2D eigenvalue weighted by molar-refractivity contribution is 14.1. The maximum atomic E-state index is 10.6. The number of aromatic hydroxyl groups is 1. The van der Waals surface area contributed by atoms with Gasteiger partial charge in [-0.25, -0.2) is 9.59 Å². The molecule has 3 N–H and O–H groups in total. The molecule has 0 bridgehead atoms. The molecule has 74 valence electrons. The van der Waals surface area contributed by atoms with Gasteiger partial charge in [-0.15, -0.1) is 0 Å². The summed E-state index contributed by atoms with van der Waals surface area (Å²) in [5.74, 6) is -3.00. The van der Waals surface area contributed by atoms with Crippen molar-refractivity contribution in [1.82, 2.24) is 0 Å². The second-order valence-corrected chi connectivity index (χ2v) is 3.63. The van der Waals surface area contributed by atoms with E-state index < -0.39 is 23.3 Å². The van der Waals surface area contributed by atoms with Gasteiger partial charge in [0.15, 0.2) is 0 Å². The van der Waals surface area contributed by atoms with Gasteiger partial charge in [0.1, 0.15) is 11.3 Å². The van der Waals surface area contributed by atoms with Gasteiger partial charge in [0.05, 0.1) is 9.13 Å². The van der Waals surface area contributed by atoms with Crippen LogP contribution < -0.4 is 0 Å². The normalized spacial score (nSPS) is 9.79. The van der Waals surface area contributed by atoms with Crippen molar-refractivity contribution in [2.75, 3.05) is 0 Å². The number of hydrogen-bond acceptors (Lipinski definition) is 3. The highest BCUT2D eigenvalue weighted by atomic mass is 127. The lowest BCUT2D eigenvalue weighted by Gasteiger charge is -2.03. The number of carbonyl (C=O) groups is 2. The van der Waals surface area contributed by atoms with Crippen LogP contribution in [0.25, 0.3) is 0 Å². The molecule has 0 aromatic heterocycles. The summed E-state index contributed by atoms with van der Waals surface area (Å²) in [4.78, 5) is 21.2. The van der Waals surface area contributed by atoms with Crippen LogP contribution >= 0.6 is 22.6 Å². The molecule has 1 aromatic rings. The Labute approximate surface area is 92.1 Å². The lowest BCUT2D eigenvalue weighted by atomic mass is 10.1. The van der Waals surface area contributed by atoms with Crippen molar-refractivity contribution in [3.63, 3.8) is 0 Å². The van der Waals surface area contributed by atoms with Crippen LogP contribution in [0.5, 0.6) is 5.75 Å². The molecule has 0 radical (unpaired) electrons. The van der Waals surface area contributed by atoms with Gasteiger partial charge in [0, 0.05) is 0 Å². The minimum absolute atomic E-state index is 0.162. The van der Waals surface area contributed by atoms with Crippen LogP contribution in [-0.2, 0) is 0 Å². The number of hydrogen-bond donors (Lipinski definition) is 3. The van der Waals surface area contributed by atoms with Crippen molar-refractivity contribution in [1.29, 1.82) is 0 Å². The smallest absolute Gasteiger partial charge is 0.339 e. The Hall–Kier alpha value is -1.31. The van der Waals surface area contributed by atoms with E-state index in [0.717, 1.165) is 6.07 Å².